The molecular weight excluding hydrogens is 252 g/mol. The summed E-state index contributed by atoms with van der Waals surface area (Å²) in [5.41, 5.74) is 0. The fourth-order valence-corrected chi connectivity index (χ4v) is 3.27. The van der Waals surface area contributed by atoms with Gasteiger partial charge in [0.2, 0.25) is 0 Å². The number of likely N-dealkylation sites (N-methyl/N-ethyl adjacent to an activating group) is 1. The van der Waals surface area contributed by atoms with Crippen LogP contribution >= 0.6 is 0 Å². The summed E-state index contributed by atoms with van der Waals surface area (Å²) in [6, 6.07) is -0.127. The highest BCUT2D eigenvalue weighted by Crippen LogP contribution is 2.31. The molecule has 0 aromatic carbocycles. The average molecular weight is 284 g/mol. The highest BCUT2D eigenvalue weighted by Gasteiger charge is 2.31. The maximum Gasteiger partial charge on any atom is 0.323 e. The van der Waals surface area contributed by atoms with Gasteiger partial charge in [0.25, 0.3) is 0 Å². The third-order valence-electron chi connectivity index (χ3n) is 4.59. The predicted octanol–water partition coefficient (Wildman–Crippen LogP) is 2.29. The number of nitrogens with one attached hydrogen (secondary N) is 1. The van der Waals surface area contributed by atoms with E-state index in [1.807, 2.05) is 0 Å². The van der Waals surface area contributed by atoms with E-state index in [2.05, 4.69) is 31.0 Å². The van der Waals surface area contributed by atoms with Crippen LogP contribution in [0.5, 0.6) is 0 Å². The topological polar surface area (TPSA) is 41.6 Å². The summed E-state index contributed by atoms with van der Waals surface area (Å²) in [6.07, 6.45) is 4.81. The molecule has 0 radical (unpaired) electrons. The van der Waals surface area contributed by atoms with Crippen molar-refractivity contribution in [2.75, 3.05) is 33.3 Å². The third kappa shape index (κ3) is 5.41. The van der Waals surface area contributed by atoms with Crippen molar-refractivity contribution in [2.45, 2.75) is 52.5 Å². The molecule has 0 heterocycles. The molecule has 4 heteroatoms. The van der Waals surface area contributed by atoms with Crippen LogP contribution in [0, 0.1) is 11.8 Å². The first kappa shape index (κ1) is 17.4. The number of carbonyl (C=O) groups excluding carboxylic acids is 1. The normalized spacial score (nSPS) is 24.6. The highest BCUT2D eigenvalue weighted by molar-refractivity contribution is 5.76. The van der Waals surface area contributed by atoms with Crippen molar-refractivity contribution < 1.29 is 9.53 Å². The smallest absolute Gasteiger partial charge is 0.323 e. The first-order chi connectivity index (χ1) is 9.62. The molecule has 0 spiro atoms. The van der Waals surface area contributed by atoms with Crippen LogP contribution in [-0.2, 0) is 9.53 Å². The van der Waals surface area contributed by atoms with Crippen molar-refractivity contribution >= 4 is 5.97 Å². The summed E-state index contributed by atoms with van der Waals surface area (Å²) in [7, 11) is 1.49. The van der Waals surface area contributed by atoms with Gasteiger partial charge in [-0.1, -0.05) is 33.6 Å². The zero-order valence-electron chi connectivity index (χ0n) is 13.7. The van der Waals surface area contributed by atoms with E-state index in [-0.39, 0.29) is 12.0 Å². The molecule has 20 heavy (non-hydrogen) atoms. The number of methoxy groups -OCH3 is 1. The Kier molecular flexibility index (Phi) is 8.15. The molecule has 1 saturated carbocycles. The maximum absolute atomic E-state index is 12.0. The lowest BCUT2D eigenvalue weighted by Crippen LogP contribution is -2.47. The molecule has 118 valence electrons. The molecule has 3 atom stereocenters. The zero-order valence-corrected chi connectivity index (χ0v) is 13.7. The number of hydrogen-bond acceptors (Lipinski definition) is 4. The SMILES string of the molecule is CCN(CC)CCNC(C(=O)OC)C1CCCC(C)C1. The van der Waals surface area contributed by atoms with Crippen LogP contribution in [0.3, 0.4) is 0 Å². The van der Waals surface area contributed by atoms with Crippen molar-refractivity contribution in [3.05, 3.63) is 0 Å². The first-order valence-electron chi connectivity index (χ1n) is 8.15. The Balaban J connectivity index is 2.49. The predicted molar refractivity (Wildman–Crippen MR) is 82.7 cm³/mol. The van der Waals surface area contributed by atoms with Gasteiger partial charge in [0.1, 0.15) is 6.04 Å². The van der Waals surface area contributed by atoms with E-state index in [0.717, 1.165) is 44.9 Å². The van der Waals surface area contributed by atoms with E-state index >= 15 is 0 Å². The zero-order chi connectivity index (χ0) is 15.0. The largest absolute Gasteiger partial charge is 0.468 e. The Morgan fingerprint density at radius 1 is 1.35 bits per heavy atom. The molecule has 0 aromatic rings. The molecule has 0 saturated heterocycles. The van der Waals surface area contributed by atoms with Gasteiger partial charge in [-0.15, -0.1) is 0 Å². The molecule has 0 bridgehead atoms. The Morgan fingerprint density at radius 2 is 2.05 bits per heavy atom. The van der Waals surface area contributed by atoms with Gasteiger partial charge in [0.05, 0.1) is 7.11 Å². The monoisotopic (exact) mass is 284 g/mol. The van der Waals surface area contributed by atoms with Gasteiger partial charge < -0.3 is 15.0 Å². The summed E-state index contributed by atoms with van der Waals surface area (Å²) in [5, 5.41) is 3.44. The second-order valence-electron chi connectivity index (χ2n) is 6.01. The van der Waals surface area contributed by atoms with E-state index in [1.54, 1.807) is 0 Å². The molecule has 0 aromatic heterocycles. The van der Waals surface area contributed by atoms with Gasteiger partial charge in [-0.25, -0.2) is 0 Å². The van der Waals surface area contributed by atoms with Crippen molar-refractivity contribution in [3.8, 4) is 0 Å². The van der Waals surface area contributed by atoms with E-state index in [9.17, 15) is 4.79 Å². The Morgan fingerprint density at radius 3 is 2.60 bits per heavy atom. The van der Waals surface area contributed by atoms with Crippen LogP contribution in [0.2, 0.25) is 0 Å². The van der Waals surface area contributed by atoms with Crippen molar-refractivity contribution in [3.63, 3.8) is 0 Å². The highest BCUT2D eigenvalue weighted by atomic mass is 16.5. The number of hydrogen-bond donors (Lipinski definition) is 1. The third-order valence-corrected chi connectivity index (χ3v) is 4.59. The van der Waals surface area contributed by atoms with Gasteiger partial charge in [0.15, 0.2) is 0 Å². The van der Waals surface area contributed by atoms with Crippen molar-refractivity contribution in [1.82, 2.24) is 10.2 Å². The lowest BCUT2D eigenvalue weighted by atomic mass is 9.78. The molecular formula is C16H32N2O2. The van der Waals surface area contributed by atoms with E-state index in [0.29, 0.717) is 5.92 Å². The van der Waals surface area contributed by atoms with Gasteiger partial charge in [0, 0.05) is 13.1 Å². The summed E-state index contributed by atoms with van der Waals surface area (Å²) in [5.74, 6) is 1.07. The van der Waals surface area contributed by atoms with E-state index < -0.39 is 0 Å². The summed E-state index contributed by atoms with van der Waals surface area (Å²) < 4.78 is 5.00. The fraction of sp³-hybridized carbons (Fsp3) is 0.938. The number of esters is 1. The van der Waals surface area contributed by atoms with Gasteiger partial charge in [-0.2, -0.15) is 0 Å². The number of ether oxygens (including phenoxy) is 1. The molecule has 1 aliphatic rings. The standard InChI is InChI=1S/C16H32N2O2/c1-5-18(6-2)11-10-17-15(16(19)20-4)14-9-7-8-13(3)12-14/h13-15,17H,5-12H2,1-4H3. The minimum absolute atomic E-state index is 0.0938. The molecule has 4 nitrogen and oxygen atoms in total. The van der Waals surface area contributed by atoms with Crippen LogP contribution in [0.4, 0.5) is 0 Å². The van der Waals surface area contributed by atoms with Gasteiger partial charge in [-0.3, -0.25) is 4.79 Å². The quantitative estimate of drug-likeness (QED) is 0.694. The van der Waals surface area contributed by atoms with Crippen molar-refractivity contribution in [2.24, 2.45) is 11.8 Å². The Bertz CT molecular complexity index is 280. The summed E-state index contributed by atoms with van der Waals surface area (Å²) in [6.45, 7) is 10.6. The lowest BCUT2D eigenvalue weighted by Gasteiger charge is -2.32. The van der Waals surface area contributed by atoms with Crippen LogP contribution in [0.15, 0.2) is 0 Å². The Labute approximate surface area is 124 Å². The lowest BCUT2D eigenvalue weighted by molar-refractivity contribution is -0.145. The average Bonchev–Trinajstić information content (AvgIpc) is 2.47. The van der Waals surface area contributed by atoms with Crippen LogP contribution < -0.4 is 5.32 Å². The van der Waals surface area contributed by atoms with E-state index in [4.69, 9.17) is 4.74 Å². The minimum Gasteiger partial charge on any atom is -0.468 e. The number of carbonyl (C=O) groups is 1. The molecule has 1 aliphatic carbocycles. The van der Waals surface area contributed by atoms with Crippen LogP contribution in [0.25, 0.3) is 0 Å². The van der Waals surface area contributed by atoms with Crippen LogP contribution in [-0.4, -0.2) is 50.2 Å². The first-order valence-corrected chi connectivity index (χ1v) is 8.15. The Hall–Kier alpha value is -0.610. The maximum atomic E-state index is 12.0. The van der Waals surface area contributed by atoms with Gasteiger partial charge >= 0.3 is 5.97 Å². The minimum atomic E-state index is -0.127. The van der Waals surface area contributed by atoms with E-state index in [1.165, 1.54) is 20.0 Å². The molecule has 3 unspecified atom stereocenters. The second-order valence-corrected chi connectivity index (χ2v) is 6.01. The molecule has 1 N–H and O–H groups in total. The second kappa shape index (κ2) is 9.35. The summed E-state index contributed by atoms with van der Waals surface area (Å²) in [4.78, 5) is 14.4. The van der Waals surface area contributed by atoms with Gasteiger partial charge in [-0.05, 0) is 37.8 Å². The number of rotatable bonds is 8. The summed E-state index contributed by atoms with van der Waals surface area (Å²) >= 11 is 0. The van der Waals surface area contributed by atoms with Crippen molar-refractivity contribution in [1.29, 1.82) is 0 Å². The number of nitrogens with zero attached hydrogens (tertiary/aromatic N) is 1. The molecule has 1 rings (SSSR count). The molecule has 0 aliphatic heterocycles. The van der Waals surface area contributed by atoms with Crippen LogP contribution in [0.1, 0.15) is 46.5 Å². The molecule has 0 amide bonds. The fourth-order valence-electron chi connectivity index (χ4n) is 3.27. The molecule has 1 fully saturated rings.